The number of rotatable bonds is 2. The van der Waals surface area contributed by atoms with Crippen molar-refractivity contribution in [1.29, 1.82) is 10.5 Å². The van der Waals surface area contributed by atoms with Crippen molar-refractivity contribution in [2.75, 3.05) is 0 Å². The zero-order valence-corrected chi connectivity index (χ0v) is 21.0. The highest BCUT2D eigenvalue weighted by atomic mass is 35.5. The number of aromatic nitrogens is 4. The lowest BCUT2D eigenvalue weighted by atomic mass is 10.1. The average Bonchev–Trinajstić information content (AvgIpc) is 3.52. The van der Waals surface area contributed by atoms with Crippen molar-refractivity contribution < 1.29 is 8.78 Å². The van der Waals surface area contributed by atoms with Crippen LogP contribution in [0, 0.1) is 34.5 Å². The van der Waals surface area contributed by atoms with Gasteiger partial charge in [-0.05, 0) is 59.6 Å². The molecular formula is C26H16Cl2F2N8. The number of benzene rings is 2. The maximum atomic E-state index is 13.9. The van der Waals surface area contributed by atoms with Gasteiger partial charge in [0.15, 0.2) is 12.4 Å². The second kappa shape index (κ2) is 10.5. The molecule has 4 aromatic rings. The van der Waals surface area contributed by atoms with Crippen LogP contribution in [0.25, 0.3) is 22.5 Å². The third kappa shape index (κ3) is 5.05. The molecule has 0 saturated carbocycles. The second-order valence-electron chi connectivity index (χ2n) is 8.43. The summed E-state index contributed by atoms with van der Waals surface area (Å²) in [7, 11) is 0. The lowest BCUT2D eigenvalue weighted by Gasteiger charge is -2.08. The molecule has 38 heavy (non-hydrogen) atoms. The minimum Gasteiger partial charge on any atom is -0.300 e. The number of hydrogen-bond acceptors (Lipinski definition) is 8. The molecule has 2 aliphatic heterocycles. The minimum absolute atomic E-state index is 0.0665. The minimum atomic E-state index is -0.366. The van der Waals surface area contributed by atoms with Crippen molar-refractivity contribution >= 4 is 23.2 Å². The Hall–Kier alpha value is -4.38. The van der Waals surface area contributed by atoms with E-state index in [9.17, 15) is 8.78 Å². The van der Waals surface area contributed by atoms with Gasteiger partial charge in [0.1, 0.15) is 11.6 Å². The molecule has 0 bridgehead atoms. The van der Waals surface area contributed by atoms with Gasteiger partial charge in [0.05, 0.1) is 49.0 Å². The van der Waals surface area contributed by atoms with Crippen molar-refractivity contribution in [3.05, 3.63) is 93.2 Å². The first-order valence-corrected chi connectivity index (χ1v) is 12.0. The van der Waals surface area contributed by atoms with Crippen LogP contribution in [-0.2, 0) is 26.2 Å². The van der Waals surface area contributed by atoms with E-state index in [0.717, 1.165) is 22.4 Å². The molecular weight excluding hydrogens is 533 g/mol. The van der Waals surface area contributed by atoms with Crippen LogP contribution in [0.5, 0.6) is 0 Å². The van der Waals surface area contributed by atoms with Crippen molar-refractivity contribution in [2.45, 2.75) is 26.2 Å². The zero-order chi connectivity index (χ0) is 26.8. The predicted octanol–water partition coefficient (Wildman–Crippen LogP) is 5.47. The van der Waals surface area contributed by atoms with E-state index < -0.39 is 0 Å². The Morgan fingerprint density at radius 3 is 1.76 bits per heavy atom. The summed E-state index contributed by atoms with van der Waals surface area (Å²) < 4.78 is 26.8. The Bertz CT molecular complexity index is 1620. The largest absolute Gasteiger partial charge is 0.300 e. The summed E-state index contributed by atoms with van der Waals surface area (Å²) in [6.45, 7) is 1.65. The summed E-state index contributed by atoms with van der Waals surface area (Å²) in [5.74, 6) is -0.672. The first-order chi connectivity index (χ1) is 18.4. The standard InChI is InChI=1S/2C13H8ClFN4/c14-13-17-11-6-19(7-16)5-10(11)12(18-13)8-1-3-9(15)4-2-8;14-13-17-11-6-19(7-16)5-9(11)12(18-13)8-3-1-2-4-10(8)15/h2*1-4H,5-6H2. The smallest absolute Gasteiger partial charge is 0.223 e. The zero-order valence-electron chi connectivity index (χ0n) is 19.5. The number of halogens is 4. The third-order valence-corrected chi connectivity index (χ3v) is 6.38. The molecule has 2 aliphatic rings. The van der Waals surface area contributed by atoms with Crippen molar-refractivity contribution in [1.82, 2.24) is 29.7 Å². The van der Waals surface area contributed by atoms with Gasteiger partial charge in [-0.3, -0.25) is 0 Å². The molecule has 0 atom stereocenters. The van der Waals surface area contributed by atoms with Crippen molar-refractivity contribution in [3.8, 4) is 34.9 Å². The Labute approximate surface area is 226 Å². The quantitative estimate of drug-likeness (QED) is 0.240. The van der Waals surface area contributed by atoms with Crippen LogP contribution in [-0.4, -0.2) is 29.7 Å². The Kier molecular flexibility index (Phi) is 7.01. The molecule has 4 heterocycles. The topological polar surface area (TPSA) is 106 Å². The van der Waals surface area contributed by atoms with E-state index in [1.165, 1.54) is 23.1 Å². The van der Waals surface area contributed by atoms with Gasteiger partial charge in [0, 0.05) is 22.3 Å². The number of nitrogens with zero attached hydrogens (tertiary/aromatic N) is 8. The van der Waals surface area contributed by atoms with Crippen LogP contribution in [0.3, 0.4) is 0 Å². The average molecular weight is 549 g/mol. The van der Waals surface area contributed by atoms with Gasteiger partial charge in [-0.2, -0.15) is 10.5 Å². The molecule has 2 aromatic carbocycles. The predicted molar refractivity (Wildman–Crippen MR) is 135 cm³/mol. The molecule has 12 heteroatoms. The van der Waals surface area contributed by atoms with E-state index in [2.05, 4.69) is 32.3 Å². The summed E-state index contributed by atoms with van der Waals surface area (Å²) in [6.07, 6.45) is 4.13. The number of fused-ring (bicyclic) bond motifs is 2. The maximum Gasteiger partial charge on any atom is 0.223 e. The van der Waals surface area contributed by atoms with Crippen molar-refractivity contribution in [3.63, 3.8) is 0 Å². The van der Waals surface area contributed by atoms with Gasteiger partial charge in [-0.1, -0.05) is 12.1 Å². The normalized spacial score (nSPS) is 13.2. The van der Waals surface area contributed by atoms with Crippen LogP contribution in [0.4, 0.5) is 8.78 Å². The number of hydrogen-bond donors (Lipinski definition) is 0. The molecule has 2 aromatic heterocycles. The Morgan fingerprint density at radius 1 is 0.684 bits per heavy atom. The van der Waals surface area contributed by atoms with E-state index in [0.29, 0.717) is 48.8 Å². The van der Waals surface area contributed by atoms with Crippen LogP contribution in [0.1, 0.15) is 22.5 Å². The van der Waals surface area contributed by atoms with Gasteiger partial charge >= 0.3 is 0 Å². The van der Waals surface area contributed by atoms with E-state index in [1.807, 2.05) is 0 Å². The molecule has 0 spiro atoms. The van der Waals surface area contributed by atoms with Gasteiger partial charge in [-0.25, -0.2) is 28.7 Å². The van der Waals surface area contributed by atoms with E-state index in [1.54, 1.807) is 35.2 Å². The molecule has 188 valence electrons. The second-order valence-corrected chi connectivity index (χ2v) is 9.11. The van der Waals surface area contributed by atoms with E-state index in [4.69, 9.17) is 33.7 Å². The van der Waals surface area contributed by atoms with Crippen LogP contribution in [0.15, 0.2) is 48.5 Å². The van der Waals surface area contributed by atoms with Gasteiger partial charge < -0.3 is 9.80 Å². The molecule has 0 fully saturated rings. The van der Waals surface area contributed by atoms with E-state index >= 15 is 0 Å². The van der Waals surface area contributed by atoms with Gasteiger partial charge in [0.25, 0.3) is 0 Å². The van der Waals surface area contributed by atoms with Crippen LogP contribution in [0.2, 0.25) is 10.6 Å². The Morgan fingerprint density at radius 2 is 1.21 bits per heavy atom. The first-order valence-electron chi connectivity index (χ1n) is 11.3. The lowest BCUT2D eigenvalue weighted by molar-refractivity contribution is 0.415. The molecule has 0 N–H and O–H groups in total. The number of nitriles is 2. The monoisotopic (exact) mass is 548 g/mol. The van der Waals surface area contributed by atoms with Gasteiger partial charge in [-0.15, -0.1) is 0 Å². The lowest BCUT2D eigenvalue weighted by Crippen LogP contribution is -2.07. The molecule has 6 rings (SSSR count). The van der Waals surface area contributed by atoms with Crippen LogP contribution < -0.4 is 0 Å². The molecule has 0 amide bonds. The Balaban J connectivity index is 0.000000155. The summed E-state index contributed by atoms with van der Waals surface area (Å²) >= 11 is 11.8. The fourth-order valence-corrected chi connectivity index (χ4v) is 4.69. The summed E-state index contributed by atoms with van der Waals surface area (Å²) in [5.41, 5.74) is 5.33. The molecule has 0 saturated heterocycles. The fraction of sp³-hybridized carbons (Fsp3) is 0.154. The summed E-state index contributed by atoms with van der Waals surface area (Å²) in [4.78, 5) is 19.7. The fourth-order valence-electron chi connectivity index (χ4n) is 4.31. The van der Waals surface area contributed by atoms with Crippen molar-refractivity contribution in [2.24, 2.45) is 0 Å². The van der Waals surface area contributed by atoms with Gasteiger partial charge in [0.2, 0.25) is 10.6 Å². The molecule has 0 radical (unpaired) electrons. The maximum absolute atomic E-state index is 13.9. The molecule has 0 aliphatic carbocycles. The highest BCUT2D eigenvalue weighted by molar-refractivity contribution is 6.28. The molecule has 0 unspecified atom stereocenters. The third-order valence-electron chi connectivity index (χ3n) is 6.04. The highest BCUT2D eigenvalue weighted by Crippen LogP contribution is 2.33. The van der Waals surface area contributed by atoms with Crippen LogP contribution >= 0.6 is 23.2 Å². The first kappa shape index (κ1) is 25.3. The summed E-state index contributed by atoms with van der Waals surface area (Å²) in [6, 6.07) is 12.4. The highest BCUT2D eigenvalue weighted by Gasteiger charge is 2.26. The molecule has 8 nitrogen and oxygen atoms in total. The SMILES string of the molecule is N#CN1Cc2nc(Cl)nc(-c3ccc(F)cc3)c2C1.N#CN1Cc2nc(Cl)nc(-c3ccccc3F)c2C1. The van der Waals surface area contributed by atoms with E-state index in [-0.39, 0.29) is 22.2 Å². The summed E-state index contributed by atoms with van der Waals surface area (Å²) in [5, 5.41) is 18.1.